The van der Waals surface area contributed by atoms with E-state index in [0.717, 1.165) is 21.5 Å². The Morgan fingerprint density at radius 3 is 2.83 bits per heavy atom. The lowest BCUT2D eigenvalue weighted by Crippen LogP contribution is -2.30. The number of nitrogens with two attached hydrogens (primary N) is 1. The van der Waals surface area contributed by atoms with Gasteiger partial charge in [-0.2, -0.15) is 5.10 Å². The van der Waals surface area contributed by atoms with E-state index in [1.807, 2.05) is 37.3 Å². The zero-order chi connectivity index (χ0) is 12.7. The Hall–Kier alpha value is -2.56. The molecule has 18 heavy (non-hydrogen) atoms. The molecule has 2 heterocycles. The van der Waals surface area contributed by atoms with Gasteiger partial charge in [-0.25, -0.2) is 4.68 Å². The Bertz CT molecular complexity index is 733. The molecule has 0 bridgehead atoms. The summed E-state index contributed by atoms with van der Waals surface area (Å²) in [6, 6.07) is 11.1. The van der Waals surface area contributed by atoms with Crippen molar-refractivity contribution in [3.8, 4) is 5.69 Å². The fourth-order valence-corrected chi connectivity index (χ4v) is 2.11. The number of nitrogens with zero attached hydrogens (tertiary/aromatic N) is 3. The Morgan fingerprint density at radius 1 is 1.28 bits per heavy atom. The Balaban J connectivity index is 2.36. The minimum absolute atomic E-state index is 0.577. The predicted molar refractivity (Wildman–Crippen MR) is 67.6 cm³/mol. The van der Waals surface area contributed by atoms with E-state index >= 15 is 0 Å². The molecule has 0 unspecified atom stereocenters. The molecule has 0 radical (unpaired) electrons. The molecule has 0 fully saturated rings. The standard InChI is InChI=1S/C13H13N4O/c1-9-8-13(14)17(15-9)12-6-2-5-11-10(12)4-3-7-16(11)18/h2-8,18H,14H2,1H3/q+1. The fourth-order valence-electron chi connectivity index (χ4n) is 2.11. The number of aromatic nitrogens is 3. The third-order valence-corrected chi connectivity index (χ3v) is 2.88. The molecule has 0 saturated heterocycles. The van der Waals surface area contributed by atoms with Crippen LogP contribution in [0.1, 0.15) is 5.69 Å². The number of hydrogen-bond donors (Lipinski definition) is 2. The van der Waals surface area contributed by atoms with E-state index in [9.17, 15) is 5.21 Å². The van der Waals surface area contributed by atoms with E-state index in [-0.39, 0.29) is 0 Å². The van der Waals surface area contributed by atoms with Crippen LogP contribution < -0.4 is 10.5 Å². The molecule has 0 saturated carbocycles. The number of hydrogen-bond acceptors (Lipinski definition) is 3. The number of aryl methyl sites for hydroxylation is 1. The minimum atomic E-state index is 0.577. The van der Waals surface area contributed by atoms with E-state index in [4.69, 9.17) is 5.73 Å². The van der Waals surface area contributed by atoms with Crippen molar-refractivity contribution in [1.82, 2.24) is 9.78 Å². The first-order chi connectivity index (χ1) is 8.66. The largest absolute Gasteiger partial charge is 0.384 e. The first-order valence-corrected chi connectivity index (χ1v) is 5.62. The van der Waals surface area contributed by atoms with Crippen LogP contribution in [0.25, 0.3) is 16.6 Å². The Morgan fingerprint density at radius 2 is 2.11 bits per heavy atom. The van der Waals surface area contributed by atoms with Crippen LogP contribution in [0, 0.1) is 6.92 Å². The van der Waals surface area contributed by atoms with Crippen molar-refractivity contribution in [1.29, 1.82) is 0 Å². The maximum absolute atomic E-state index is 9.77. The van der Waals surface area contributed by atoms with Gasteiger partial charge in [-0.3, -0.25) is 5.21 Å². The number of fused-ring (bicyclic) bond motifs is 1. The van der Waals surface area contributed by atoms with Crippen molar-refractivity contribution < 1.29 is 9.94 Å². The normalized spacial score (nSPS) is 10.9. The Labute approximate surface area is 104 Å². The van der Waals surface area contributed by atoms with Crippen LogP contribution in [0.3, 0.4) is 0 Å². The smallest absolute Gasteiger partial charge is 0.266 e. The molecule has 0 atom stereocenters. The van der Waals surface area contributed by atoms with Gasteiger partial charge in [0.1, 0.15) is 5.82 Å². The van der Waals surface area contributed by atoms with Crippen molar-refractivity contribution in [2.45, 2.75) is 6.92 Å². The van der Waals surface area contributed by atoms with E-state index < -0.39 is 0 Å². The number of anilines is 1. The maximum atomic E-state index is 9.77. The highest BCUT2D eigenvalue weighted by Gasteiger charge is 2.13. The van der Waals surface area contributed by atoms with E-state index in [0.29, 0.717) is 11.3 Å². The molecule has 90 valence electrons. The number of rotatable bonds is 1. The minimum Gasteiger partial charge on any atom is -0.384 e. The summed E-state index contributed by atoms with van der Waals surface area (Å²) in [4.78, 5) is 0. The zero-order valence-electron chi connectivity index (χ0n) is 9.91. The number of nitrogen functional groups attached to an aromatic ring is 1. The van der Waals surface area contributed by atoms with Crippen LogP contribution in [-0.4, -0.2) is 15.0 Å². The van der Waals surface area contributed by atoms with Gasteiger partial charge in [0.05, 0.1) is 16.8 Å². The quantitative estimate of drug-likeness (QED) is 0.500. The topological polar surface area (TPSA) is 68.0 Å². The summed E-state index contributed by atoms with van der Waals surface area (Å²) in [5, 5.41) is 15.0. The van der Waals surface area contributed by atoms with Crippen LogP contribution in [-0.2, 0) is 0 Å². The first kappa shape index (κ1) is 10.6. The lowest BCUT2D eigenvalue weighted by Gasteiger charge is -2.05. The van der Waals surface area contributed by atoms with Gasteiger partial charge in [0, 0.05) is 22.9 Å². The van der Waals surface area contributed by atoms with Gasteiger partial charge in [-0.05, 0) is 19.1 Å². The molecule has 2 aromatic heterocycles. The second kappa shape index (κ2) is 3.73. The summed E-state index contributed by atoms with van der Waals surface area (Å²) < 4.78 is 2.77. The monoisotopic (exact) mass is 241 g/mol. The SMILES string of the molecule is Cc1cc(N)n(-c2cccc3c2ccc[n+]3O)n1. The molecule has 0 spiro atoms. The molecule has 1 aromatic carbocycles. The summed E-state index contributed by atoms with van der Waals surface area (Å²) in [5.41, 5.74) is 8.35. The summed E-state index contributed by atoms with van der Waals surface area (Å²) in [7, 11) is 0. The van der Waals surface area contributed by atoms with Crippen LogP contribution >= 0.6 is 0 Å². The zero-order valence-corrected chi connectivity index (χ0v) is 9.91. The molecule has 5 heteroatoms. The van der Waals surface area contributed by atoms with Crippen molar-refractivity contribution in [2.24, 2.45) is 0 Å². The average Bonchev–Trinajstić information content (AvgIpc) is 2.68. The lowest BCUT2D eigenvalue weighted by molar-refractivity contribution is -0.884. The van der Waals surface area contributed by atoms with E-state index in [1.165, 1.54) is 0 Å². The number of pyridine rings is 1. The maximum Gasteiger partial charge on any atom is 0.266 e. The van der Waals surface area contributed by atoms with Gasteiger partial charge >= 0.3 is 0 Å². The fraction of sp³-hybridized carbons (Fsp3) is 0.0769. The van der Waals surface area contributed by atoms with Crippen LogP contribution in [0.2, 0.25) is 0 Å². The summed E-state index contributed by atoms with van der Waals surface area (Å²) >= 11 is 0. The van der Waals surface area contributed by atoms with Gasteiger partial charge in [0.15, 0.2) is 0 Å². The van der Waals surface area contributed by atoms with Gasteiger partial charge in [-0.1, -0.05) is 6.07 Å². The number of benzene rings is 1. The third kappa shape index (κ3) is 1.48. The van der Waals surface area contributed by atoms with Crippen LogP contribution in [0.5, 0.6) is 0 Å². The van der Waals surface area contributed by atoms with E-state index in [2.05, 4.69) is 5.10 Å². The summed E-state index contributed by atoms with van der Waals surface area (Å²) in [6.45, 7) is 1.89. The lowest BCUT2D eigenvalue weighted by atomic mass is 10.2. The molecule has 3 aromatic rings. The van der Waals surface area contributed by atoms with Crippen LogP contribution in [0.15, 0.2) is 42.6 Å². The van der Waals surface area contributed by atoms with Crippen LogP contribution in [0.4, 0.5) is 5.82 Å². The first-order valence-electron chi connectivity index (χ1n) is 5.62. The molecular formula is C13H13N4O+. The Kier molecular flexibility index (Phi) is 2.19. The van der Waals surface area contributed by atoms with Gasteiger partial charge < -0.3 is 5.73 Å². The highest BCUT2D eigenvalue weighted by molar-refractivity contribution is 5.85. The van der Waals surface area contributed by atoms with E-state index in [1.54, 1.807) is 16.9 Å². The molecule has 3 rings (SSSR count). The van der Waals surface area contributed by atoms with Crippen molar-refractivity contribution in [3.05, 3.63) is 48.3 Å². The highest BCUT2D eigenvalue weighted by atomic mass is 16.5. The van der Waals surface area contributed by atoms with Crippen molar-refractivity contribution >= 4 is 16.7 Å². The second-order valence-electron chi connectivity index (χ2n) is 4.19. The summed E-state index contributed by atoms with van der Waals surface area (Å²) in [6.07, 6.45) is 1.59. The predicted octanol–water partition coefficient (Wildman–Crippen LogP) is 1.44. The van der Waals surface area contributed by atoms with Gasteiger partial charge in [0.25, 0.3) is 5.52 Å². The molecule has 3 N–H and O–H groups in total. The van der Waals surface area contributed by atoms with Crippen molar-refractivity contribution in [3.63, 3.8) is 0 Å². The second-order valence-corrected chi connectivity index (χ2v) is 4.19. The third-order valence-electron chi connectivity index (χ3n) is 2.88. The van der Waals surface area contributed by atoms with Crippen molar-refractivity contribution in [2.75, 3.05) is 5.73 Å². The molecule has 0 aliphatic carbocycles. The van der Waals surface area contributed by atoms with Gasteiger partial charge in [-0.15, -0.1) is 0 Å². The molecular weight excluding hydrogens is 228 g/mol. The molecule has 0 aliphatic rings. The van der Waals surface area contributed by atoms with Gasteiger partial charge in [0.2, 0.25) is 6.20 Å². The molecule has 5 nitrogen and oxygen atoms in total. The average molecular weight is 241 g/mol. The summed E-state index contributed by atoms with van der Waals surface area (Å²) in [5.74, 6) is 0.577. The molecule has 0 aliphatic heterocycles. The molecule has 0 amide bonds. The highest BCUT2D eigenvalue weighted by Crippen LogP contribution is 2.22.